The molecule has 0 unspecified atom stereocenters. The Labute approximate surface area is 626 Å². The maximum Gasteiger partial charge on any atom is 0.323 e. The number of aromatic nitrogens is 1. The lowest BCUT2D eigenvalue weighted by Crippen LogP contribution is -2.60. The number of para-hydroxylation sites is 1. The molecule has 25 heteroatoms. The zero-order chi connectivity index (χ0) is 75.5. The topological polar surface area (TPSA) is 389 Å². The fourth-order valence-electron chi connectivity index (χ4n) is 14.3. The van der Waals surface area contributed by atoms with Crippen LogP contribution >= 0.6 is 11.8 Å². The molecule has 2 aromatic rings. The molecular formula is C79H137N13O11S. The molecule has 8 atom stereocenters. The van der Waals surface area contributed by atoms with Crippen LogP contribution in [0.4, 0.5) is 4.79 Å². The largest absolute Gasteiger partial charge is 0.480 e. The van der Waals surface area contributed by atoms with E-state index in [0.717, 1.165) is 68.0 Å². The van der Waals surface area contributed by atoms with Crippen LogP contribution < -0.4 is 54.8 Å². The van der Waals surface area contributed by atoms with Gasteiger partial charge >= 0.3 is 12.0 Å². The Morgan fingerprint density at radius 1 is 0.490 bits per heavy atom. The van der Waals surface area contributed by atoms with Crippen LogP contribution in [-0.2, 0) is 49.6 Å². The first-order valence-corrected chi connectivity index (χ1v) is 41.7. The van der Waals surface area contributed by atoms with Crippen molar-refractivity contribution in [3.63, 3.8) is 0 Å². The Hall–Kier alpha value is -6.15. The van der Waals surface area contributed by atoms with Gasteiger partial charge < -0.3 is 64.9 Å². The minimum absolute atomic E-state index is 0.00985. The average molecular weight is 1480 g/mol. The van der Waals surface area contributed by atoms with Crippen molar-refractivity contribution in [2.45, 2.75) is 350 Å². The maximum absolute atomic E-state index is 15.4. The zero-order valence-electron chi connectivity index (χ0n) is 63.7. The van der Waals surface area contributed by atoms with E-state index in [1.807, 2.05) is 24.3 Å². The van der Waals surface area contributed by atoms with Gasteiger partial charge in [-0.15, -0.1) is 0 Å². The number of fused-ring (bicyclic) bond motifs is 2. The Kier molecular flexibility index (Phi) is 48.0. The number of urea groups is 1. The maximum atomic E-state index is 15.4. The van der Waals surface area contributed by atoms with Gasteiger partial charge in [0.2, 0.25) is 41.4 Å². The van der Waals surface area contributed by atoms with Crippen molar-refractivity contribution < 1.29 is 53.1 Å². The third-order valence-corrected chi connectivity index (χ3v) is 22.0. The molecule has 1 aromatic heterocycles. The van der Waals surface area contributed by atoms with Crippen molar-refractivity contribution in [2.24, 2.45) is 22.9 Å². The molecule has 0 radical (unpaired) electrons. The third-order valence-electron chi connectivity index (χ3n) is 20.5. The number of carbonyl (C=O) groups excluding carboxylic acids is 9. The number of carbonyl (C=O) groups is 10. The number of unbranched alkanes of at least 4 members (excludes halogenated alkanes) is 29. The lowest BCUT2D eigenvalue weighted by atomic mass is 10.00. The summed E-state index contributed by atoms with van der Waals surface area (Å²) in [5.74, 6) is -6.19. The molecule has 4 rings (SSSR count). The summed E-state index contributed by atoms with van der Waals surface area (Å²) >= 11 is 1.73. The lowest BCUT2D eigenvalue weighted by Gasteiger charge is -2.32. The van der Waals surface area contributed by atoms with Gasteiger partial charge in [-0.05, 0) is 141 Å². The first kappa shape index (κ1) is 90.2. The number of carboxylic acids is 1. The van der Waals surface area contributed by atoms with Gasteiger partial charge in [-0.2, -0.15) is 11.8 Å². The Bertz CT molecular complexity index is 2770. The number of hydrogen-bond donors (Lipinski definition) is 12. The quantitative estimate of drug-likeness (QED) is 0.0216. The fourth-order valence-corrected chi connectivity index (χ4v) is 15.8. The molecule has 3 heterocycles. The van der Waals surface area contributed by atoms with Gasteiger partial charge in [0.15, 0.2) is 0 Å². The predicted molar refractivity (Wildman–Crippen MR) is 416 cm³/mol. The number of H-pyrrole nitrogens is 1. The number of aliphatic carboxylic acids is 1. The number of rotatable bonds is 63. The molecular weight excluding hydrogens is 1340 g/mol. The average Bonchev–Trinajstić information content (AvgIpc) is 1.36. The van der Waals surface area contributed by atoms with E-state index in [1.54, 1.807) is 18.0 Å². The van der Waals surface area contributed by atoms with Gasteiger partial charge in [-0.3, -0.25) is 53.0 Å². The molecule has 1 aromatic carbocycles. The highest BCUT2D eigenvalue weighted by atomic mass is 32.2. The Balaban J connectivity index is 1.61. The van der Waals surface area contributed by atoms with Crippen LogP contribution in [0.3, 0.4) is 0 Å². The molecule has 2 aliphatic heterocycles. The van der Waals surface area contributed by atoms with Gasteiger partial charge in [0.25, 0.3) is 5.91 Å². The number of benzene rings is 1. The van der Waals surface area contributed by atoms with E-state index in [1.165, 1.54) is 108 Å². The van der Waals surface area contributed by atoms with Crippen LogP contribution in [-0.4, -0.2) is 165 Å². The van der Waals surface area contributed by atoms with E-state index in [9.17, 15) is 43.5 Å². The van der Waals surface area contributed by atoms with Crippen LogP contribution in [0, 0.1) is 0 Å². The van der Waals surface area contributed by atoms with Crippen molar-refractivity contribution in [2.75, 3.05) is 38.5 Å². The molecule has 590 valence electrons. The summed E-state index contributed by atoms with van der Waals surface area (Å²) in [7, 11) is 0. The fraction of sp³-hybridized carbons (Fsp3) is 0.772. The summed E-state index contributed by atoms with van der Waals surface area (Å²) in [5, 5.41) is 28.3. The van der Waals surface area contributed by atoms with Crippen LogP contribution in [0.2, 0.25) is 0 Å². The van der Waals surface area contributed by atoms with Gasteiger partial charge in [0, 0.05) is 53.8 Å². The minimum Gasteiger partial charge on any atom is -0.480 e. The van der Waals surface area contributed by atoms with Crippen LogP contribution in [0.1, 0.15) is 302 Å². The van der Waals surface area contributed by atoms with Crippen molar-refractivity contribution in [1.29, 1.82) is 0 Å². The van der Waals surface area contributed by atoms with Crippen LogP contribution in [0.5, 0.6) is 0 Å². The van der Waals surface area contributed by atoms with Crippen molar-refractivity contribution in [3.05, 3.63) is 36.0 Å². The molecule has 24 nitrogen and oxygen atoms in total. The minimum atomic E-state index is -1.44. The van der Waals surface area contributed by atoms with Crippen molar-refractivity contribution >= 4 is 81.9 Å². The number of carboxylic acid groups (broad SMARTS) is 1. The molecule has 0 spiro atoms. The number of nitrogens with two attached hydrogens (primary N) is 4. The molecule has 16 N–H and O–H groups in total. The van der Waals surface area contributed by atoms with Gasteiger partial charge in [-0.1, -0.05) is 193 Å². The van der Waals surface area contributed by atoms with Crippen LogP contribution in [0.15, 0.2) is 30.5 Å². The van der Waals surface area contributed by atoms with E-state index in [2.05, 4.69) is 50.7 Å². The summed E-state index contributed by atoms with van der Waals surface area (Å²) in [6.07, 6.45) is 35.9. The molecule has 2 fully saturated rings. The number of aromatic amines is 1. The molecule has 2 aliphatic rings. The number of nitrogens with zero attached hydrogens (tertiary/aromatic N) is 2. The van der Waals surface area contributed by atoms with E-state index >= 15 is 9.59 Å². The van der Waals surface area contributed by atoms with E-state index < -0.39 is 90.0 Å². The lowest BCUT2D eigenvalue weighted by molar-refractivity contribution is -0.154. The van der Waals surface area contributed by atoms with Gasteiger partial charge in [0.05, 0.1) is 12.1 Å². The zero-order valence-corrected chi connectivity index (χ0v) is 64.5. The standard InChI is InChI=1S/C79H137N13O11S/c1-3-5-7-9-11-13-15-17-19-21-23-25-27-49-70(94)92(71(95)50-28-26-24-22-20-18-16-14-12-10-8-6-4-2)67(46-36-40-54-83)77(101)88-65(55-59-56-84-61-42-30-29-41-60(59)61)76(100)86-62(43-33-37-51-80)74(98)85-63(44-34-38-52-81)75(99)87-64(45-35-39-53-82)78(102)91(57-72(96)97)69(93)48-32-31-47-68-73-66(58-104-68)89-79(103)90-73/h29-30,41-42,56,62-68,73,84H,3-28,31-40,43-55,57-58,80-83H2,1-2H3,(H,85,98)(H,86,100)(H,87,99)(H,88,101)(H,96,97)(H2,89,90,103)/t62-,63-,64-,65-,66-,67-,68-,73-/m0/s1. The van der Waals surface area contributed by atoms with Crippen LogP contribution in [0.25, 0.3) is 10.9 Å². The summed E-state index contributed by atoms with van der Waals surface area (Å²) < 4.78 is 0. The number of hydrogen-bond acceptors (Lipinski definition) is 15. The second-order valence-corrected chi connectivity index (χ2v) is 30.5. The summed E-state index contributed by atoms with van der Waals surface area (Å²) in [6.45, 7) is 4.61. The highest BCUT2D eigenvalue weighted by molar-refractivity contribution is 8.00. The first-order valence-electron chi connectivity index (χ1n) is 40.7. The normalized spacial score (nSPS) is 16.2. The highest BCUT2D eigenvalue weighted by Gasteiger charge is 2.43. The first-order chi connectivity index (χ1) is 50.5. The number of nitrogens with one attached hydrogen (secondary N) is 7. The molecule has 104 heavy (non-hydrogen) atoms. The summed E-state index contributed by atoms with van der Waals surface area (Å²) in [6, 6.07) is 0.595. The van der Waals surface area contributed by atoms with E-state index in [4.69, 9.17) is 22.9 Å². The van der Waals surface area contributed by atoms with Crippen molar-refractivity contribution in [3.8, 4) is 0 Å². The number of imide groups is 2. The summed E-state index contributed by atoms with van der Waals surface area (Å²) in [4.78, 5) is 148. The summed E-state index contributed by atoms with van der Waals surface area (Å²) in [5.41, 5.74) is 25.3. The third kappa shape index (κ3) is 35.5. The molecule has 2 saturated heterocycles. The van der Waals surface area contributed by atoms with Crippen molar-refractivity contribution in [1.82, 2.24) is 46.7 Å². The molecule has 0 aliphatic carbocycles. The second kappa shape index (κ2) is 55.3. The van der Waals surface area contributed by atoms with E-state index in [-0.39, 0.29) is 94.4 Å². The number of amides is 10. The predicted octanol–water partition coefficient (Wildman–Crippen LogP) is 11.0. The smallest absolute Gasteiger partial charge is 0.323 e. The van der Waals surface area contributed by atoms with E-state index in [0.29, 0.717) is 100 Å². The SMILES string of the molecule is CCCCCCCCCCCCCCCC(=O)N(C(=O)CCCCCCCCCCCCCCC)[C@@H](CCCCN)C(=O)N[C@@H](Cc1c[nH]c2ccccc12)C(=O)N[C@@H](CCCCN)C(=O)N[C@@H](CCCCN)C(=O)N[C@@H](CCCCN)C(=O)N(CC(=O)O)C(=O)CCCC[C@@H]1SC[C@@H]2NC(=O)N[C@@H]21. The monoisotopic (exact) mass is 1480 g/mol. The van der Waals surface area contributed by atoms with Gasteiger partial charge in [0.1, 0.15) is 36.8 Å². The highest BCUT2D eigenvalue weighted by Crippen LogP contribution is 2.33. The molecule has 10 amide bonds. The molecule has 0 saturated carbocycles. The number of thioether (sulfide) groups is 1. The molecule has 0 bridgehead atoms. The Morgan fingerprint density at radius 2 is 0.904 bits per heavy atom. The second-order valence-electron chi connectivity index (χ2n) is 29.2. The van der Waals surface area contributed by atoms with Gasteiger partial charge in [-0.25, -0.2) is 4.79 Å². The Morgan fingerprint density at radius 3 is 1.38 bits per heavy atom.